The Morgan fingerprint density at radius 3 is 2.34 bits per heavy atom. The van der Waals surface area contributed by atoms with Crippen LogP contribution in [-0.2, 0) is 0 Å². The number of rotatable bonds is 5. The van der Waals surface area contributed by atoms with E-state index in [9.17, 15) is 14.9 Å². The second kappa shape index (κ2) is 8.62. The van der Waals surface area contributed by atoms with Crippen LogP contribution >= 0.6 is 11.6 Å². The Bertz CT molecular complexity index is 1110. The predicted octanol–water partition coefficient (Wildman–Crippen LogP) is 6.53. The summed E-state index contributed by atoms with van der Waals surface area (Å²) >= 11 is 5.81. The zero-order valence-electron chi connectivity index (χ0n) is 15.7. The monoisotopic (exact) mass is 408 g/mol. The number of nitro benzene ring substituents is 1. The first kappa shape index (κ1) is 20.2. The van der Waals surface area contributed by atoms with Crippen molar-refractivity contribution < 1.29 is 9.72 Å². The molecule has 1 amide bonds. The van der Waals surface area contributed by atoms with E-state index in [2.05, 4.69) is 15.5 Å². The molecule has 29 heavy (non-hydrogen) atoms. The number of carbonyl (C=O) groups excluding carboxylic acids is 1. The Labute approximate surface area is 172 Å². The highest BCUT2D eigenvalue weighted by Gasteiger charge is 2.17. The number of anilines is 1. The molecule has 0 saturated heterocycles. The molecule has 0 bridgehead atoms. The van der Waals surface area contributed by atoms with Gasteiger partial charge in [0, 0.05) is 11.6 Å². The number of nitrogens with one attached hydrogen (secondary N) is 1. The van der Waals surface area contributed by atoms with Crippen LogP contribution in [0.4, 0.5) is 22.7 Å². The van der Waals surface area contributed by atoms with Crippen LogP contribution < -0.4 is 5.32 Å². The molecule has 8 heteroatoms. The molecule has 1 N–H and O–H groups in total. The van der Waals surface area contributed by atoms with Crippen LogP contribution in [0.5, 0.6) is 0 Å². The van der Waals surface area contributed by atoms with Crippen molar-refractivity contribution in [3.05, 3.63) is 92.5 Å². The zero-order chi connectivity index (χ0) is 21.0. The van der Waals surface area contributed by atoms with Gasteiger partial charge in [-0.25, -0.2) is 0 Å². The zero-order valence-corrected chi connectivity index (χ0v) is 16.5. The molecule has 0 atom stereocenters. The number of hydrogen-bond acceptors (Lipinski definition) is 5. The van der Waals surface area contributed by atoms with Gasteiger partial charge in [0.05, 0.1) is 16.3 Å². The Morgan fingerprint density at radius 1 is 0.966 bits per heavy atom. The number of hydrogen-bond donors (Lipinski definition) is 1. The van der Waals surface area contributed by atoms with Gasteiger partial charge in [-0.3, -0.25) is 14.9 Å². The van der Waals surface area contributed by atoms with Crippen LogP contribution in [0.3, 0.4) is 0 Å². The molecule has 7 nitrogen and oxygen atoms in total. The lowest BCUT2D eigenvalue weighted by Crippen LogP contribution is -2.12. The number of nitro groups is 1. The van der Waals surface area contributed by atoms with Gasteiger partial charge in [-0.2, -0.15) is 5.11 Å². The van der Waals surface area contributed by atoms with E-state index in [-0.39, 0.29) is 16.3 Å². The molecular weight excluding hydrogens is 392 g/mol. The second-order valence-corrected chi connectivity index (χ2v) is 6.84. The highest BCUT2D eigenvalue weighted by Crippen LogP contribution is 2.30. The molecule has 3 aromatic carbocycles. The predicted molar refractivity (Wildman–Crippen MR) is 113 cm³/mol. The molecule has 0 spiro atoms. The van der Waals surface area contributed by atoms with E-state index in [1.54, 1.807) is 12.1 Å². The van der Waals surface area contributed by atoms with Gasteiger partial charge in [-0.1, -0.05) is 35.4 Å². The minimum atomic E-state index is -0.633. The summed E-state index contributed by atoms with van der Waals surface area (Å²) in [6.45, 7) is 3.88. The number of aryl methyl sites for hydroxylation is 2. The third-order valence-corrected chi connectivity index (χ3v) is 4.43. The van der Waals surface area contributed by atoms with Gasteiger partial charge in [0.15, 0.2) is 0 Å². The smallest absolute Gasteiger partial charge is 0.288 e. The average Bonchev–Trinajstić information content (AvgIpc) is 2.69. The van der Waals surface area contributed by atoms with Gasteiger partial charge in [0.2, 0.25) is 0 Å². The van der Waals surface area contributed by atoms with Crippen molar-refractivity contribution in [1.29, 1.82) is 0 Å². The fourth-order valence-electron chi connectivity index (χ4n) is 2.54. The molecular formula is C21H17ClN4O3. The summed E-state index contributed by atoms with van der Waals surface area (Å²) in [6, 6.07) is 16.8. The lowest BCUT2D eigenvalue weighted by atomic mass is 10.1. The van der Waals surface area contributed by atoms with E-state index in [0.29, 0.717) is 17.1 Å². The standard InChI is InChI=1S/C21H17ClN4O3/c1-13-3-7-16(8-4-13)24-25-19-11-14(2)5-10-18(19)23-21(27)15-6-9-17(22)20(12-15)26(28)29/h3-12H,1-2H3,(H,23,27). The van der Waals surface area contributed by atoms with Gasteiger partial charge in [-0.15, -0.1) is 5.11 Å². The molecule has 146 valence electrons. The van der Waals surface area contributed by atoms with Crippen molar-refractivity contribution in [3.63, 3.8) is 0 Å². The number of nitrogens with zero attached hydrogens (tertiary/aromatic N) is 3. The molecule has 0 fully saturated rings. The Balaban J connectivity index is 1.87. The Kier molecular flexibility index (Phi) is 5.99. The van der Waals surface area contributed by atoms with E-state index in [1.165, 1.54) is 12.1 Å². The molecule has 0 heterocycles. The number of halogens is 1. The Hall–Kier alpha value is -3.58. The summed E-state index contributed by atoms with van der Waals surface area (Å²) in [7, 11) is 0. The Morgan fingerprint density at radius 2 is 1.66 bits per heavy atom. The van der Waals surface area contributed by atoms with E-state index >= 15 is 0 Å². The highest BCUT2D eigenvalue weighted by atomic mass is 35.5. The van der Waals surface area contributed by atoms with Gasteiger partial charge < -0.3 is 5.32 Å². The lowest BCUT2D eigenvalue weighted by molar-refractivity contribution is -0.384. The molecule has 0 unspecified atom stereocenters. The molecule has 0 aliphatic rings. The molecule has 0 aliphatic carbocycles. The van der Waals surface area contributed by atoms with E-state index in [0.717, 1.165) is 17.2 Å². The van der Waals surface area contributed by atoms with Gasteiger partial charge in [-0.05, 0) is 55.8 Å². The van der Waals surface area contributed by atoms with Crippen molar-refractivity contribution in [1.82, 2.24) is 0 Å². The normalized spacial score (nSPS) is 10.9. The first-order valence-electron chi connectivity index (χ1n) is 8.68. The molecule has 0 saturated carbocycles. The largest absolute Gasteiger partial charge is 0.320 e. The molecule has 0 radical (unpaired) electrons. The van der Waals surface area contributed by atoms with Crippen LogP contribution in [0.15, 0.2) is 70.9 Å². The van der Waals surface area contributed by atoms with E-state index < -0.39 is 10.8 Å². The van der Waals surface area contributed by atoms with Crippen molar-refractivity contribution in [3.8, 4) is 0 Å². The van der Waals surface area contributed by atoms with E-state index in [4.69, 9.17) is 11.6 Å². The summed E-state index contributed by atoms with van der Waals surface area (Å²) in [5.41, 5.74) is 3.44. The number of amides is 1. The topological polar surface area (TPSA) is 97.0 Å². The average molecular weight is 409 g/mol. The molecule has 0 aliphatic heterocycles. The minimum Gasteiger partial charge on any atom is -0.320 e. The van der Waals surface area contributed by atoms with Gasteiger partial charge in [0.25, 0.3) is 11.6 Å². The van der Waals surface area contributed by atoms with Crippen LogP contribution in [-0.4, -0.2) is 10.8 Å². The molecule has 0 aromatic heterocycles. The van der Waals surface area contributed by atoms with Crippen molar-refractivity contribution >= 4 is 40.3 Å². The first-order valence-corrected chi connectivity index (χ1v) is 9.05. The third-order valence-electron chi connectivity index (χ3n) is 4.11. The maximum absolute atomic E-state index is 12.6. The highest BCUT2D eigenvalue weighted by molar-refractivity contribution is 6.32. The van der Waals surface area contributed by atoms with Crippen LogP contribution in [0.25, 0.3) is 0 Å². The maximum atomic E-state index is 12.6. The fourth-order valence-corrected chi connectivity index (χ4v) is 2.73. The summed E-state index contributed by atoms with van der Waals surface area (Å²) < 4.78 is 0. The number of benzene rings is 3. The summed E-state index contributed by atoms with van der Waals surface area (Å²) in [4.78, 5) is 23.0. The first-order chi connectivity index (χ1) is 13.8. The van der Waals surface area contributed by atoms with Gasteiger partial charge in [0.1, 0.15) is 10.7 Å². The molecule has 3 rings (SSSR count). The number of azo groups is 1. The van der Waals surface area contributed by atoms with Crippen molar-refractivity contribution in [2.45, 2.75) is 13.8 Å². The van der Waals surface area contributed by atoms with Crippen LogP contribution in [0, 0.1) is 24.0 Å². The summed E-state index contributed by atoms with van der Waals surface area (Å²) in [6.07, 6.45) is 0. The van der Waals surface area contributed by atoms with Crippen LogP contribution in [0.1, 0.15) is 21.5 Å². The minimum absolute atomic E-state index is 0.0329. The van der Waals surface area contributed by atoms with E-state index in [1.807, 2.05) is 44.2 Å². The van der Waals surface area contributed by atoms with Crippen molar-refractivity contribution in [2.24, 2.45) is 10.2 Å². The SMILES string of the molecule is Cc1ccc(N=Nc2cc(C)ccc2NC(=O)c2ccc(Cl)c([N+](=O)[O-])c2)cc1. The lowest BCUT2D eigenvalue weighted by Gasteiger charge is -2.09. The fraction of sp³-hybridized carbons (Fsp3) is 0.0952. The number of carbonyl (C=O) groups is 1. The van der Waals surface area contributed by atoms with Crippen LogP contribution in [0.2, 0.25) is 5.02 Å². The second-order valence-electron chi connectivity index (χ2n) is 6.43. The third kappa shape index (κ3) is 5.03. The quantitative estimate of drug-likeness (QED) is 0.295. The van der Waals surface area contributed by atoms with Crippen molar-refractivity contribution in [2.75, 3.05) is 5.32 Å². The summed E-state index contributed by atoms with van der Waals surface area (Å²) in [5.74, 6) is -0.514. The summed E-state index contributed by atoms with van der Waals surface area (Å²) in [5, 5.41) is 22.2. The molecule has 3 aromatic rings. The maximum Gasteiger partial charge on any atom is 0.288 e. The van der Waals surface area contributed by atoms with Gasteiger partial charge >= 0.3 is 0 Å².